The van der Waals surface area contributed by atoms with Crippen LogP contribution in [0.4, 0.5) is 75.0 Å². The Hall–Kier alpha value is -6.60. The highest BCUT2D eigenvalue weighted by Gasteiger charge is 2.39. The molecule has 2 aliphatic heterocycles. The SMILES string of the molecule is Cc1cc(Oc2cc(F)c(CNC(=O)[C@@H]3CCCN3C(=O)OC(C)(C)C)cc2F)cc(C(F)(F)F)c1.O=C(CCc1cc(F)c(Oc2cc(C(F)(F)F)cc(C(F)(F)F)c2)cc1F)[C@@H]1CCCN1.O=CC(F)(F)F.[2H]CC. The van der Waals surface area contributed by atoms with E-state index in [2.05, 4.69) is 10.6 Å². The topological polar surface area (TPSA) is 123 Å². The Labute approximate surface area is 426 Å². The molecule has 0 radical (unpaired) electrons. The fourth-order valence-corrected chi connectivity index (χ4v) is 7.10. The Kier molecular flexibility index (Phi) is 21.6. The van der Waals surface area contributed by atoms with E-state index in [0.29, 0.717) is 63.5 Å². The first-order valence-corrected chi connectivity index (χ1v) is 22.6. The lowest BCUT2D eigenvalue weighted by Crippen LogP contribution is -2.47. The van der Waals surface area contributed by atoms with Crippen molar-refractivity contribution in [1.82, 2.24) is 15.5 Å². The standard InChI is InChI=1S/C25H27F5N2O4.C21H17F8NO2.C2HF3O.C2H6/c1-14-8-16(25(28,29)30)11-17(9-14)35-21-12-18(26)15(10-19(21)27)13-31-22(33)20-6-5-7-32(20)23(34)36-24(2,3)4;22-15-10-19(16(23)6-11(15)3-4-18(31)17-2-1-5-30-17)32-14-8-12(20(24,25)26)7-13(9-14)21(27,28)29;3-2(4,5)1-6;1-2/h8-12,20H,5-7,13H2,1-4H3,(H,31,33);6-10,17,30H,1-5H2;1H;1-2H3/t20-;17-;;/m00../s1/i;;;1D. The number of nitrogens with zero attached hydrogens (tertiary/aromatic N) is 1. The zero-order chi connectivity index (χ0) is 58.4. The van der Waals surface area contributed by atoms with E-state index in [-0.39, 0.29) is 71.9 Å². The van der Waals surface area contributed by atoms with E-state index in [9.17, 15) is 84.6 Å². The molecule has 76 heavy (non-hydrogen) atoms. The molecule has 2 N–H and O–H groups in total. The molecular formula is C50H51F16N3O7. The highest BCUT2D eigenvalue weighted by molar-refractivity contribution is 5.86. The molecule has 10 nitrogen and oxygen atoms in total. The molecule has 2 heterocycles. The van der Waals surface area contributed by atoms with Crippen molar-refractivity contribution in [2.24, 2.45) is 0 Å². The summed E-state index contributed by atoms with van der Waals surface area (Å²) in [4.78, 5) is 47.1. The number of nitrogens with one attached hydrogen (secondary N) is 2. The number of hydrogen-bond donors (Lipinski definition) is 2. The fourth-order valence-electron chi connectivity index (χ4n) is 7.10. The minimum Gasteiger partial charge on any atom is -0.454 e. The summed E-state index contributed by atoms with van der Waals surface area (Å²) in [5, 5.41) is 5.48. The molecule has 2 saturated heterocycles. The Morgan fingerprint density at radius 1 is 0.697 bits per heavy atom. The van der Waals surface area contributed by atoms with Crippen LogP contribution in [0.1, 0.15) is 101 Å². The first-order valence-electron chi connectivity index (χ1n) is 23.3. The van der Waals surface area contributed by atoms with Crippen LogP contribution in [0.15, 0.2) is 60.7 Å². The third kappa shape index (κ3) is 19.8. The van der Waals surface area contributed by atoms with Crippen molar-refractivity contribution in [2.75, 3.05) is 13.1 Å². The van der Waals surface area contributed by atoms with E-state index in [4.69, 9.17) is 20.4 Å². The maximum atomic E-state index is 14.6. The molecule has 2 atom stereocenters. The number of halogens is 16. The number of aryl methyl sites for hydroxylation is 2. The Morgan fingerprint density at radius 3 is 1.63 bits per heavy atom. The molecule has 4 aromatic carbocycles. The molecule has 0 saturated carbocycles. The van der Waals surface area contributed by atoms with Crippen LogP contribution >= 0.6 is 0 Å². The zero-order valence-electron chi connectivity index (χ0n) is 41.9. The van der Waals surface area contributed by atoms with Crippen molar-refractivity contribution in [2.45, 2.75) is 129 Å². The third-order valence-corrected chi connectivity index (χ3v) is 10.5. The highest BCUT2D eigenvalue weighted by atomic mass is 19.4. The summed E-state index contributed by atoms with van der Waals surface area (Å²) < 4.78 is 228. The van der Waals surface area contributed by atoms with Gasteiger partial charge in [-0.05, 0) is 126 Å². The molecule has 420 valence electrons. The van der Waals surface area contributed by atoms with Gasteiger partial charge in [0.1, 0.15) is 40.6 Å². The Morgan fingerprint density at radius 2 is 1.17 bits per heavy atom. The number of carbonyl (C=O) groups is 4. The van der Waals surface area contributed by atoms with E-state index >= 15 is 0 Å². The molecule has 26 heteroatoms. The van der Waals surface area contributed by atoms with Gasteiger partial charge in [0.05, 0.1) is 22.7 Å². The van der Waals surface area contributed by atoms with Crippen molar-refractivity contribution in [3.8, 4) is 23.0 Å². The smallest absolute Gasteiger partial charge is 0.446 e. The van der Waals surface area contributed by atoms with Gasteiger partial charge in [-0.2, -0.15) is 52.7 Å². The van der Waals surface area contributed by atoms with Crippen LogP contribution in [-0.2, 0) is 50.6 Å². The van der Waals surface area contributed by atoms with Crippen LogP contribution < -0.4 is 20.1 Å². The molecule has 0 aliphatic carbocycles. The van der Waals surface area contributed by atoms with Crippen molar-refractivity contribution in [1.29, 1.82) is 0 Å². The minimum absolute atomic E-state index is 0.0587. The van der Waals surface area contributed by atoms with E-state index in [1.165, 1.54) is 17.9 Å². The van der Waals surface area contributed by atoms with Crippen LogP contribution in [0.25, 0.3) is 0 Å². The predicted molar refractivity (Wildman–Crippen MR) is 241 cm³/mol. The fraction of sp³-hybridized carbons (Fsp3) is 0.440. The van der Waals surface area contributed by atoms with Crippen LogP contribution in [0.3, 0.4) is 0 Å². The van der Waals surface area contributed by atoms with E-state index < -0.39 is 112 Å². The van der Waals surface area contributed by atoms with Gasteiger partial charge in [0.15, 0.2) is 23.1 Å². The maximum absolute atomic E-state index is 14.6. The zero-order valence-corrected chi connectivity index (χ0v) is 40.9. The number of alkyl halides is 12. The van der Waals surface area contributed by atoms with Gasteiger partial charge in [-0.15, -0.1) is 0 Å². The number of aldehydes is 1. The second-order valence-corrected chi connectivity index (χ2v) is 17.6. The molecule has 2 amide bonds. The molecule has 0 unspecified atom stereocenters. The van der Waals surface area contributed by atoms with E-state index in [1.807, 2.05) is 0 Å². The lowest BCUT2D eigenvalue weighted by Gasteiger charge is -2.28. The normalized spacial score (nSPS) is 15.9. The number of benzene rings is 4. The highest BCUT2D eigenvalue weighted by Crippen LogP contribution is 2.40. The second kappa shape index (κ2) is 26.4. The average molecular weight is 1110 g/mol. The van der Waals surface area contributed by atoms with Gasteiger partial charge in [0.2, 0.25) is 12.2 Å². The largest absolute Gasteiger partial charge is 0.454 e. The van der Waals surface area contributed by atoms with Gasteiger partial charge in [-0.25, -0.2) is 22.4 Å². The van der Waals surface area contributed by atoms with Gasteiger partial charge in [0, 0.05) is 38.6 Å². The van der Waals surface area contributed by atoms with Gasteiger partial charge in [-0.3, -0.25) is 19.3 Å². The minimum atomic E-state index is -5.12. The first-order chi connectivity index (χ1) is 35.5. The summed E-state index contributed by atoms with van der Waals surface area (Å²) >= 11 is 0. The van der Waals surface area contributed by atoms with Crippen LogP contribution in [-0.4, -0.2) is 65.9 Å². The van der Waals surface area contributed by atoms with Crippen molar-refractivity contribution < 1.29 is 105 Å². The first kappa shape index (κ1) is 61.9. The summed E-state index contributed by atoms with van der Waals surface area (Å²) in [6, 6.07) is 4.85. The number of Topliss-reactive ketones (excluding diaryl/α,β-unsaturated/α-hetero) is 1. The predicted octanol–water partition coefficient (Wildman–Crippen LogP) is 13.9. The number of carbonyl (C=O) groups excluding carboxylic acids is 4. The Balaban J connectivity index is 0.000000352. The van der Waals surface area contributed by atoms with Gasteiger partial charge >= 0.3 is 30.8 Å². The number of likely N-dealkylation sites (tertiary alicyclic amines) is 1. The number of ketones is 1. The Bertz CT molecular complexity index is 2630. The third-order valence-electron chi connectivity index (χ3n) is 10.5. The summed E-state index contributed by atoms with van der Waals surface area (Å²) in [7, 11) is 0. The van der Waals surface area contributed by atoms with E-state index in [0.717, 1.165) is 18.6 Å². The second-order valence-electron chi connectivity index (χ2n) is 17.6. The van der Waals surface area contributed by atoms with Crippen molar-refractivity contribution >= 4 is 24.1 Å². The molecule has 2 fully saturated rings. The van der Waals surface area contributed by atoms with Crippen molar-refractivity contribution in [3.63, 3.8) is 0 Å². The molecule has 6 rings (SSSR count). The number of amides is 2. The van der Waals surface area contributed by atoms with E-state index in [1.54, 1.807) is 27.7 Å². The monoisotopic (exact) mass is 1110 g/mol. The van der Waals surface area contributed by atoms with Crippen LogP contribution in [0.2, 0.25) is 0 Å². The van der Waals surface area contributed by atoms with Gasteiger partial charge < -0.3 is 24.8 Å². The van der Waals surface area contributed by atoms with Gasteiger partial charge in [-0.1, -0.05) is 13.8 Å². The lowest BCUT2D eigenvalue weighted by atomic mass is 10.0. The molecule has 0 spiro atoms. The van der Waals surface area contributed by atoms with Crippen LogP contribution in [0.5, 0.6) is 23.0 Å². The quantitative estimate of drug-likeness (QED) is 0.112. The molecule has 0 bridgehead atoms. The molecular weight excluding hydrogens is 1060 g/mol. The number of hydrogen-bond acceptors (Lipinski definition) is 8. The summed E-state index contributed by atoms with van der Waals surface area (Å²) in [5.74, 6) is -7.60. The van der Waals surface area contributed by atoms with Crippen molar-refractivity contribution in [3.05, 3.63) is 117 Å². The van der Waals surface area contributed by atoms with Gasteiger partial charge in [0.25, 0.3) is 0 Å². The summed E-state index contributed by atoms with van der Waals surface area (Å²) in [6.45, 7) is 9.47. The molecule has 4 aromatic rings. The lowest BCUT2D eigenvalue weighted by molar-refractivity contribution is -0.156. The number of ether oxygens (including phenoxy) is 3. The number of rotatable bonds is 11. The molecule has 0 aromatic heterocycles. The van der Waals surface area contributed by atoms with Crippen LogP contribution in [0, 0.1) is 30.2 Å². The average Bonchev–Trinajstić information content (AvgIpc) is 4.04. The summed E-state index contributed by atoms with van der Waals surface area (Å²) in [5.41, 5.74) is -5.16. The molecule has 2 aliphatic rings. The summed E-state index contributed by atoms with van der Waals surface area (Å²) in [6.07, 6.45) is -18.9. The maximum Gasteiger partial charge on any atom is 0.446 e.